The average molecular weight is 278 g/mol. The number of methoxy groups -OCH3 is 2. The summed E-state index contributed by atoms with van der Waals surface area (Å²) in [6.45, 7) is 0. The van der Waals surface area contributed by atoms with Crippen molar-refractivity contribution in [1.29, 1.82) is 0 Å². The van der Waals surface area contributed by atoms with Gasteiger partial charge in [0.15, 0.2) is 5.78 Å². The number of benzene rings is 1. The first-order chi connectivity index (χ1) is 9.58. The molecular weight excluding hydrogens is 260 g/mol. The summed E-state index contributed by atoms with van der Waals surface area (Å²) in [7, 11) is 3.02. The summed E-state index contributed by atoms with van der Waals surface area (Å²) in [4.78, 5) is 23.8. The van der Waals surface area contributed by atoms with Crippen LogP contribution < -0.4 is 9.47 Å². The smallest absolute Gasteiger partial charge is 0.307 e. The van der Waals surface area contributed by atoms with Crippen molar-refractivity contribution in [2.75, 3.05) is 14.2 Å². The molecule has 0 aliphatic heterocycles. The largest absolute Gasteiger partial charge is 0.497 e. The van der Waals surface area contributed by atoms with Crippen LogP contribution >= 0.6 is 0 Å². The quantitative estimate of drug-likeness (QED) is 0.837. The minimum absolute atomic E-state index is 0.158. The molecule has 1 N–H and O–H groups in total. The molecule has 20 heavy (non-hydrogen) atoms. The van der Waals surface area contributed by atoms with E-state index in [0.29, 0.717) is 29.9 Å². The predicted molar refractivity (Wildman–Crippen MR) is 72.3 cm³/mol. The van der Waals surface area contributed by atoms with Gasteiger partial charge < -0.3 is 14.6 Å². The molecule has 1 aliphatic carbocycles. The van der Waals surface area contributed by atoms with Gasteiger partial charge in [-0.25, -0.2) is 0 Å². The van der Waals surface area contributed by atoms with E-state index in [9.17, 15) is 14.7 Å². The Kier molecular flexibility index (Phi) is 4.27. The van der Waals surface area contributed by atoms with Gasteiger partial charge in [0.2, 0.25) is 0 Å². The number of carboxylic acid groups (broad SMARTS) is 1. The fourth-order valence-corrected chi connectivity index (χ4v) is 2.77. The van der Waals surface area contributed by atoms with Gasteiger partial charge in [0.25, 0.3) is 0 Å². The third-order valence-electron chi connectivity index (χ3n) is 3.84. The van der Waals surface area contributed by atoms with Crippen LogP contribution in [0.5, 0.6) is 11.5 Å². The average Bonchev–Trinajstić information content (AvgIpc) is 2.95. The van der Waals surface area contributed by atoms with Crippen molar-refractivity contribution in [3.63, 3.8) is 0 Å². The van der Waals surface area contributed by atoms with E-state index < -0.39 is 17.8 Å². The van der Waals surface area contributed by atoms with E-state index in [0.717, 1.165) is 6.42 Å². The Morgan fingerprint density at radius 3 is 2.45 bits per heavy atom. The zero-order valence-electron chi connectivity index (χ0n) is 11.6. The molecule has 108 valence electrons. The second-order valence-corrected chi connectivity index (χ2v) is 4.91. The lowest BCUT2D eigenvalue weighted by Crippen LogP contribution is -2.25. The van der Waals surface area contributed by atoms with Crippen molar-refractivity contribution >= 4 is 11.8 Å². The number of rotatable bonds is 5. The molecule has 2 atom stereocenters. The van der Waals surface area contributed by atoms with Gasteiger partial charge in [-0.05, 0) is 25.0 Å². The lowest BCUT2D eigenvalue weighted by atomic mass is 9.88. The van der Waals surface area contributed by atoms with E-state index in [1.807, 2.05) is 0 Å². The maximum Gasteiger partial charge on any atom is 0.307 e. The van der Waals surface area contributed by atoms with Crippen LogP contribution in [0, 0.1) is 11.8 Å². The number of carbonyl (C=O) groups is 2. The third-order valence-corrected chi connectivity index (χ3v) is 3.84. The van der Waals surface area contributed by atoms with Crippen LogP contribution in [0.3, 0.4) is 0 Å². The van der Waals surface area contributed by atoms with Crippen molar-refractivity contribution < 1.29 is 24.2 Å². The van der Waals surface area contributed by atoms with Gasteiger partial charge in [0.05, 0.1) is 25.7 Å². The van der Waals surface area contributed by atoms with Gasteiger partial charge in [0.1, 0.15) is 11.5 Å². The summed E-state index contributed by atoms with van der Waals surface area (Å²) >= 11 is 0. The van der Waals surface area contributed by atoms with Gasteiger partial charge >= 0.3 is 5.97 Å². The van der Waals surface area contributed by atoms with Gasteiger partial charge in [-0.3, -0.25) is 9.59 Å². The van der Waals surface area contributed by atoms with Crippen molar-refractivity contribution in [2.45, 2.75) is 19.3 Å². The molecule has 0 radical (unpaired) electrons. The molecule has 0 spiro atoms. The number of aliphatic carboxylic acids is 1. The van der Waals surface area contributed by atoms with Gasteiger partial charge in [-0.2, -0.15) is 0 Å². The van der Waals surface area contributed by atoms with Crippen molar-refractivity contribution in [3.05, 3.63) is 23.8 Å². The number of carbonyl (C=O) groups excluding carboxylic acids is 1. The normalized spacial score (nSPS) is 21.5. The summed E-state index contributed by atoms with van der Waals surface area (Å²) in [5.74, 6) is -1.09. The van der Waals surface area contributed by atoms with Crippen molar-refractivity contribution in [1.82, 2.24) is 0 Å². The van der Waals surface area contributed by atoms with Crippen LogP contribution in [-0.2, 0) is 4.79 Å². The lowest BCUT2D eigenvalue weighted by molar-refractivity contribution is -0.142. The molecular formula is C15H18O5. The van der Waals surface area contributed by atoms with Crippen molar-refractivity contribution in [2.24, 2.45) is 11.8 Å². The monoisotopic (exact) mass is 278 g/mol. The molecule has 5 heteroatoms. The molecule has 0 heterocycles. The predicted octanol–water partition coefficient (Wildman–Crippen LogP) is 2.39. The van der Waals surface area contributed by atoms with Crippen LogP contribution in [0.4, 0.5) is 0 Å². The van der Waals surface area contributed by atoms with Crippen LogP contribution in [-0.4, -0.2) is 31.1 Å². The van der Waals surface area contributed by atoms with Crippen molar-refractivity contribution in [3.8, 4) is 11.5 Å². The summed E-state index contributed by atoms with van der Waals surface area (Å²) in [5.41, 5.74) is 0.423. The molecule has 1 aromatic carbocycles. The van der Waals surface area contributed by atoms with Crippen LogP contribution in [0.25, 0.3) is 0 Å². The van der Waals surface area contributed by atoms with E-state index in [1.165, 1.54) is 14.2 Å². The second kappa shape index (κ2) is 5.94. The van der Waals surface area contributed by atoms with Gasteiger partial charge in [-0.15, -0.1) is 0 Å². The molecule has 2 rings (SSSR count). The Balaban J connectivity index is 2.31. The molecule has 1 fully saturated rings. The number of hydrogen-bond donors (Lipinski definition) is 1. The van der Waals surface area contributed by atoms with E-state index in [4.69, 9.17) is 9.47 Å². The zero-order chi connectivity index (χ0) is 14.7. The highest BCUT2D eigenvalue weighted by Crippen LogP contribution is 2.37. The first-order valence-corrected chi connectivity index (χ1v) is 6.57. The number of carboxylic acids is 1. The Hall–Kier alpha value is -2.04. The number of hydrogen-bond acceptors (Lipinski definition) is 4. The standard InChI is InChI=1S/C15H18O5/c1-19-9-6-7-12(13(8-9)20-2)14(16)10-4-3-5-11(10)15(17)18/h6-8,10-11H,3-5H2,1-2H3,(H,17,18). The Morgan fingerprint density at radius 2 is 1.85 bits per heavy atom. The van der Waals surface area contributed by atoms with E-state index in [-0.39, 0.29) is 5.78 Å². The summed E-state index contributed by atoms with van der Waals surface area (Å²) in [6.07, 6.45) is 1.95. The van der Waals surface area contributed by atoms with Gasteiger partial charge in [-0.1, -0.05) is 6.42 Å². The Morgan fingerprint density at radius 1 is 1.15 bits per heavy atom. The van der Waals surface area contributed by atoms with Crippen LogP contribution in [0.1, 0.15) is 29.6 Å². The zero-order valence-corrected chi connectivity index (χ0v) is 11.6. The molecule has 5 nitrogen and oxygen atoms in total. The molecule has 0 amide bonds. The van der Waals surface area contributed by atoms with E-state index >= 15 is 0 Å². The Labute approximate surface area is 117 Å². The third kappa shape index (κ3) is 2.61. The minimum atomic E-state index is -0.895. The lowest BCUT2D eigenvalue weighted by Gasteiger charge is -2.16. The highest BCUT2D eigenvalue weighted by Gasteiger charge is 2.38. The Bertz CT molecular complexity index is 523. The molecule has 2 unspecified atom stereocenters. The summed E-state index contributed by atoms with van der Waals surface area (Å²) < 4.78 is 10.3. The maximum absolute atomic E-state index is 12.6. The van der Waals surface area contributed by atoms with E-state index in [2.05, 4.69) is 0 Å². The molecule has 0 saturated heterocycles. The first kappa shape index (κ1) is 14.4. The van der Waals surface area contributed by atoms with Crippen LogP contribution in [0.15, 0.2) is 18.2 Å². The minimum Gasteiger partial charge on any atom is -0.497 e. The fourth-order valence-electron chi connectivity index (χ4n) is 2.77. The number of Topliss-reactive ketones (excluding diaryl/α,β-unsaturated/α-hetero) is 1. The summed E-state index contributed by atoms with van der Waals surface area (Å²) in [5, 5.41) is 9.18. The van der Waals surface area contributed by atoms with Gasteiger partial charge in [0, 0.05) is 12.0 Å². The maximum atomic E-state index is 12.6. The number of ether oxygens (including phenoxy) is 2. The van der Waals surface area contributed by atoms with Crippen LogP contribution in [0.2, 0.25) is 0 Å². The van der Waals surface area contributed by atoms with E-state index in [1.54, 1.807) is 18.2 Å². The second-order valence-electron chi connectivity index (χ2n) is 4.91. The first-order valence-electron chi connectivity index (χ1n) is 6.57. The molecule has 1 aliphatic rings. The SMILES string of the molecule is COc1ccc(C(=O)C2CCCC2C(=O)O)c(OC)c1. The molecule has 0 aromatic heterocycles. The fraction of sp³-hybridized carbons (Fsp3) is 0.467. The molecule has 1 saturated carbocycles. The molecule has 1 aromatic rings. The summed E-state index contributed by atoms with van der Waals surface area (Å²) in [6, 6.07) is 4.95. The highest BCUT2D eigenvalue weighted by molar-refractivity contribution is 6.02. The highest BCUT2D eigenvalue weighted by atomic mass is 16.5. The topological polar surface area (TPSA) is 72.8 Å². The number of ketones is 1. The molecule has 0 bridgehead atoms.